The van der Waals surface area contributed by atoms with Crippen molar-refractivity contribution in [3.05, 3.63) is 0 Å². The van der Waals surface area contributed by atoms with Crippen molar-refractivity contribution in [3.63, 3.8) is 0 Å². The normalized spacial score (nSPS) is 21.0. The van der Waals surface area contributed by atoms with E-state index >= 15 is 0 Å². The summed E-state index contributed by atoms with van der Waals surface area (Å²) in [5, 5.41) is 13.1. The van der Waals surface area contributed by atoms with Gasteiger partial charge in [0.25, 0.3) is 0 Å². The lowest BCUT2D eigenvalue weighted by Crippen LogP contribution is -2.46. The molecule has 120 valence electrons. The Labute approximate surface area is 126 Å². The molecule has 0 spiro atoms. The van der Waals surface area contributed by atoms with E-state index in [1.165, 1.54) is 51.7 Å². The van der Waals surface area contributed by atoms with Gasteiger partial charge >= 0.3 is 0 Å². The van der Waals surface area contributed by atoms with Gasteiger partial charge in [0.05, 0.1) is 6.61 Å². The molecule has 0 amide bonds. The summed E-state index contributed by atoms with van der Waals surface area (Å²) in [7, 11) is 0. The van der Waals surface area contributed by atoms with Crippen LogP contribution in [0.25, 0.3) is 0 Å². The Morgan fingerprint density at radius 3 is 2.45 bits per heavy atom. The maximum absolute atomic E-state index is 9.57. The first-order valence-corrected chi connectivity index (χ1v) is 8.71. The molecule has 1 atom stereocenters. The van der Waals surface area contributed by atoms with Gasteiger partial charge < -0.3 is 15.3 Å². The topological polar surface area (TPSA) is 35.5 Å². The number of rotatable bonds is 10. The zero-order valence-corrected chi connectivity index (χ0v) is 14.0. The SMILES string of the molecule is CCCNC(C)(CO)CCCN1CCC(CCC)CC1. The standard InChI is InChI=1S/C17H36N2O/c1-4-7-16-8-13-19(14-9-16)12-6-10-17(3,15-20)18-11-5-2/h16,18,20H,4-15H2,1-3H3. The molecule has 1 saturated heterocycles. The quantitative estimate of drug-likeness (QED) is 0.647. The van der Waals surface area contributed by atoms with Crippen LogP contribution in [-0.2, 0) is 0 Å². The Balaban J connectivity index is 2.17. The number of hydrogen-bond donors (Lipinski definition) is 2. The monoisotopic (exact) mass is 284 g/mol. The first-order chi connectivity index (χ1) is 9.63. The molecule has 1 aliphatic rings. The first kappa shape index (κ1) is 17.9. The summed E-state index contributed by atoms with van der Waals surface area (Å²) in [5.41, 5.74) is -0.0868. The second-order valence-corrected chi connectivity index (χ2v) is 6.82. The van der Waals surface area contributed by atoms with Gasteiger partial charge in [-0.25, -0.2) is 0 Å². The van der Waals surface area contributed by atoms with Crippen molar-refractivity contribution in [2.24, 2.45) is 5.92 Å². The van der Waals surface area contributed by atoms with Crippen LogP contribution in [0.2, 0.25) is 0 Å². The Bertz CT molecular complexity index is 239. The predicted molar refractivity (Wildman–Crippen MR) is 87.1 cm³/mol. The molecule has 1 unspecified atom stereocenters. The number of aliphatic hydroxyl groups is 1. The van der Waals surface area contributed by atoms with Gasteiger partial charge in [0.2, 0.25) is 0 Å². The molecular weight excluding hydrogens is 248 g/mol. The largest absolute Gasteiger partial charge is 0.394 e. The van der Waals surface area contributed by atoms with Gasteiger partial charge in [-0.15, -0.1) is 0 Å². The van der Waals surface area contributed by atoms with E-state index in [1.54, 1.807) is 0 Å². The third kappa shape index (κ3) is 6.55. The van der Waals surface area contributed by atoms with Gasteiger partial charge in [-0.2, -0.15) is 0 Å². The molecule has 0 aromatic heterocycles. The minimum absolute atomic E-state index is 0.0868. The van der Waals surface area contributed by atoms with Gasteiger partial charge in [-0.05, 0) is 71.1 Å². The van der Waals surface area contributed by atoms with Gasteiger partial charge in [-0.3, -0.25) is 0 Å². The lowest BCUT2D eigenvalue weighted by molar-refractivity contribution is 0.143. The maximum atomic E-state index is 9.57. The lowest BCUT2D eigenvalue weighted by Gasteiger charge is -2.34. The van der Waals surface area contributed by atoms with E-state index in [0.717, 1.165) is 25.3 Å². The van der Waals surface area contributed by atoms with Crippen molar-refractivity contribution >= 4 is 0 Å². The van der Waals surface area contributed by atoms with Crippen molar-refractivity contribution < 1.29 is 5.11 Å². The summed E-state index contributed by atoms with van der Waals surface area (Å²) in [5.74, 6) is 0.977. The number of piperidine rings is 1. The van der Waals surface area contributed by atoms with Crippen molar-refractivity contribution in [2.75, 3.05) is 32.8 Å². The molecule has 0 aromatic carbocycles. The van der Waals surface area contributed by atoms with E-state index in [0.29, 0.717) is 0 Å². The second-order valence-electron chi connectivity index (χ2n) is 6.82. The number of aliphatic hydroxyl groups excluding tert-OH is 1. The van der Waals surface area contributed by atoms with Crippen LogP contribution < -0.4 is 5.32 Å². The zero-order valence-electron chi connectivity index (χ0n) is 14.0. The summed E-state index contributed by atoms with van der Waals surface area (Å²) in [6, 6.07) is 0. The highest BCUT2D eigenvalue weighted by Gasteiger charge is 2.23. The molecule has 0 bridgehead atoms. The smallest absolute Gasteiger partial charge is 0.0610 e. The first-order valence-electron chi connectivity index (χ1n) is 8.71. The lowest BCUT2D eigenvalue weighted by atomic mass is 9.92. The van der Waals surface area contributed by atoms with E-state index in [4.69, 9.17) is 0 Å². The van der Waals surface area contributed by atoms with Crippen LogP contribution in [0.15, 0.2) is 0 Å². The fraction of sp³-hybridized carbons (Fsp3) is 1.00. The summed E-state index contributed by atoms with van der Waals surface area (Å²) < 4.78 is 0. The van der Waals surface area contributed by atoms with Crippen LogP contribution >= 0.6 is 0 Å². The molecule has 1 aliphatic heterocycles. The molecule has 0 aromatic rings. The van der Waals surface area contributed by atoms with Crippen LogP contribution in [-0.4, -0.2) is 48.3 Å². The average molecular weight is 284 g/mol. The summed E-state index contributed by atoms with van der Waals surface area (Å²) in [6.07, 6.45) is 8.91. The summed E-state index contributed by atoms with van der Waals surface area (Å²) >= 11 is 0. The highest BCUT2D eigenvalue weighted by molar-refractivity contribution is 4.82. The molecule has 1 fully saturated rings. The van der Waals surface area contributed by atoms with E-state index in [-0.39, 0.29) is 12.1 Å². The Kier molecular flexibility index (Phi) is 8.74. The highest BCUT2D eigenvalue weighted by atomic mass is 16.3. The molecule has 0 aliphatic carbocycles. The van der Waals surface area contributed by atoms with E-state index in [9.17, 15) is 5.11 Å². The van der Waals surface area contributed by atoms with Gasteiger partial charge in [0.1, 0.15) is 0 Å². The Morgan fingerprint density at radius 1 is 1.20 bits per heavy atom. The Morgan fingerprint density at radius 2 is 1.90 bits per heavy atom. The van der Waals surface area contributed by atoms with Crippen LogP contribution in [0.1, 0.15) is 65.7 Å². The average Bonchev–Trinajstić information content (AvgIpc) is 2.47. The molecule has 1 heterocycles. The second kappa shape index (κ2) is 9.75. The molecule has 0 radical (unpaired) electrons. The van der Waals surface area contributed by atoms with Gasteiger partial charge in [0.15, 0.2) is 0 Å². The number of nitrogens with one attached hydrogen (secondary N) is 1. The molecule has 2 N–H and O–H groups in total. The molecule has 20 heavy (non-hydrogen) atoms. The van der Waals surface area contributed by atoms with Crippen LogP contribution in [0, 0.1) is 5.92 Å². The van der Waals surface area contributed by atoms with Gasteiger partial charge in [-0.1, -0.05) is 26.7 Å². The number of hydrogen-bond acceptors (Lipinski definition) is 3. The third-order valence-electron chi connectivity index (χ3n) is 4.76. The Hall–Kier alpha value is -0.120. The van der Waals surface area contributed by atoms with E-state index < -0.39 is 0 Å². The third-order valence-corrected chi connectivity index (χ3v) is 4.76. The minimum Gasteiger partial charge on any atom is -0.394 e. The fourth-order valence-electron chi connectivity index (χ4n) is 3.25. The van der Waals surface area contributed by atoms with E-state index in [2.05, 4.69) is 31.0 Å². The van der Waals surface area contributed by atoms with E-state index in [1.807, 2.05) is 0 Å². The van der Waals surface area contributed by atoms with Crippen LogP contribution in [0.3, 0.4) is 0 Å². The number of likely N-dealkylation sites (tertiary alicyclic amines) is 1. The molecule has 3 nitrogen and oxygen atoms in total. The van der Waals surface area contributed by atoms with Crippen LogP contribution in [0.4, 0.5) is 0 Å². The molecular formula is C17H36N2O. The summed E-state index contributed by atoms with van der Waals surface area (Å²) in [4.78, 5) is 2.61. The van der Waals surface area contributed by atoms with Crippen LogP contribution in [0.5, 0.6) is 0 Å². The zero-order chi connectivity index (χ0) is 14.8. The molecule has 1 rings (SSSR count). The van der Waals surface area contributed by atoms with Crippen molar-refractivity contribution in [2.45, 2.75) is 71.3 Å². The maximum Gasteiger partial charge on any atom is 0.0610 e. The minimum atomic E-state index is -0.0868. The molecule has 3 heteroatoms. The van der Waals surface area contributed by atoms with Crippen molar-refractivity contribution in [1.29, 1.82) is 0 Å². The number of nitrogens with zero attached hydrogens (tertiary/aromatic N) is 1. The molecule has 0 saturated carbocycles. The van der Waals surface area contributed by atoms with Gasteiger partial charge in [0, 0.05) is 5.54 Å². The highest BCUT2D eigenvalue weighted by Crippen LogP contribution is 2.22. The van der Waals surface area contributed by atoms with Crippen molar-refractivity contribution in [3.8, 4) is 0 Å². The van der Waals surface area contributed by atoms with Crippen molar-refractivity contribution in [1.82, 2.24) is 10.2 Å². The predicted octanol–water partition coefficient (Wildman–Crippen LogP) is 3.03. The summed E-state index contributed by atoms with van der Waals surface area (Å²) in [6.45, 7) is 11.6. The fourth-order valence-corrected chi connectivity index (χ4v) is 3.25.